The molecule has 0 unspecified atom stereocenters. The lowest BCUT2D eigenvalue weighted by atomic mass is 9.96. The summed E-state index contributed by atoms with van der Waals surface area (Å²) in [5.74, 6) is 0.641. The van der Waals surface area contributed by atoms with Gasteiger partial charge in [-0.3, -0.25) is 0 Å². The lowest BCUT2D eigenvalue weighted by Gasteiger charge is -2.23. The van der Waals surface area contributed by atoms with Crippen LogP contribution in [-0.4, -0.2) is 18.6 Å². The number of unbranched alkanes of at least 4 members (excludes halogenated alkanes) is 1. The van der Waals surface area contributed by atoms with Gasteiger partial charge < -0.3 is 10.6 Å². The van der Waals surface area contributed by atoms with Gasteiger partial charge in [0.05, 0.1) is 0 Å². The second kappa shape index (κ2) is 9.23. The Morgan fingerprint density at radius 1 is 1.22 bits per heavy atom. The Hall–Kier alpha value is -0.730. The Morgan fingerprint density at radius 3 is 2.56 bits per heavy atom. The molecular weight excluding hydrogens is 224 g/mol. The molecule has 2 N–H and O–H groups in total. The van der Waals surface area contributed by atoms with Crippen molar-refractivity contribution in [3.63, 3.8) is 0 Å². The van der Waals surface area contributed by atoms with Crippen LogP contribution in [0.1, 0.15) is 71.6 Å². The Labute approximate surface area is 112 Å². The van der Waals surface area contributed by atoms with E-state index in [0.717, 1.165) is 25.8 Å². The fourth-order valence-corrected chi connectivity index (χ4v) is 2.66. The van der Waals surface area contributed by atoms with Crippen molar-refractivity contribution < 1.29 is 4.79 Å². The highest BCUT2D eigenvalue weighted by molar-refractivity contribution is 5.74. The summed E-state index contributed by atoms with van der Waals surface area (Å²) in [6.45, 7) is 5.26. The average Bonchev–Trinajstić information content (AvgIpc) is 2.40. The van der Waals surface area contributed by atoms with E-state index in [1.54, 1.807) is 0 Å². The maximum Gasteiger partial charge on any atom is 0.315 e. The van der Waals surface area contributed by atoms with E-state index in [9.17, 15) is 4.79 Å². The number of carbonyl (C=O) groups excluding carboxylic acids is 1. The molecule has 0 aromatic carbocycles. The predicted molar refractivity (Wildman–Crippen MR) is 76.7 cm³/mol. The molecule has 3 heteroatoms. The molecule has 3 nitrogen and oxygen atoms in total. The quantitative estimate of drug-likeness (QED) is 0.712. The van der Waals surface area contributed by atoms with Crippen LogP contribution in [0.5, 0.6) is 0 Å². The molecule has 0 heterocycles. The molecule has 0 aliphatic heterocycles. The summed E-state index contributed by atoms with van der Waals surface area (Å²) in [6, 6.07) is 0.450. The molecule has 1 aliphatic rings. The lowest BCUT2D eigenvalue weighted by molar-refractivity contribution is 0.230. The van der Waals surface area contributed by atoms with Crippen LogP contribution in [0.25, 0.3) is 0 Å². The van der Waals surface area contributed by atoms with E-state index in [2.05, 4.69) is 24.5 Å². The highest BCUT2D eigenvalue weighted by atomic mass is 16.2. The lowest BCUT2D eigenvalue weighted by Crippen LogP contribution is -2.44. The Bertz CT molecular complexity index is 225. The van der Waals surface area contributed by atoms with Crippen LogP contribution >= 0.6 is 0 Å². The van der Waals surface area contributed by atoms with Crippen molar-refractivity contribution in [1.29, 1.82) is 0 Å². The van der Waals surface area contributed by atoms with Gasteiger partial charge in [-0.05, 0) is 25.2 Å². The summed E-state index contributed by atoms with van der Waals surface area (Å²) in [7, 11) is 0. The molecule has 0 aromatic heterocycles. The van der Waals surface area contributed by atoms with Gasteiger partial charge in [0.2, 0.25) is 0 Å². The Morgan fingerprint density at radius 2 is 1.94 bits per heavy atom. The fourth-order valence-electron chi connectivity index (χ4n) is 2.66. The van der Waals surface area contributed by atoms with Crippen LogP contribution in [0.4, 0.5) is 4.79 Å². The van der Waals surface area contributed by atoms with Crippen molar-refractivity contribution in [2.24, 2.45) is 5.92 Å². The highest BCUT2D eigenvalue weighted by Gasteiger charge is 2.15. The minimum absolute atomic E-state index is 0.0387. The normalized spacial score (nSPS) is 18.3. The molecule has 106 valence electrons. The predicted octanol–water partition coefficient (Wildman–Crippen LogP) is 3.83. The van der Waals surface area contributed by atoms with Crippen LogP contribution in [0.2, 0.25) is 0 Å². The summed E-state index contributed by atoms with van der Waals surface area (Å²) in [5, 5.41) is 6.14. The molecule has 0 radical (unpaired) electrons. The molecule has 1 atom stereocenters. The molecule has 0 aromatic rings. The van der Waals surface area contributed by atoms with Gasteiger partial charge in [0.25, 0.3) is 0 Å². The maximum atomic E-state index is 11.8. The van der Waals surface area contributed by atoms with Crippen LogP contribution < -0.4 is 10.6 Å². The van der Waals surface area contributed by atoms with Crippen LogP contribution in [0.3, 0.4) is 0 Å². The van der Waals surface area contributed by atoms with Crippen molar-refractivity contribution in [2.45, 2.75) is 77.7 Å². The fraction of sp³-hybridized carbons (Fsp3) is 0.933. The van der Waals surface area contributed by atoms with Crippen molar-refractivity contribution >= 4 is 6.03 Å². The van der Waals surface area contributed by atoms with E-state index in [4.69, 9.17) is 0 Å². The molecular formula is C15H30N2O. The van der Waals surface area contributed by atoms with Crippen LogP contribution in [0.15, 0.2) is 0 Å². The molecule has 18 heavy (non-hydrogen) atoms. The molecule has 1 rings (SSSR count). The Balaban J connectivity index is 2.14. The Kier molecular flexibility index (Phi) is 7.86. The standard InChI is InChI=1S/C15H30N2O/c1-3-5-9-13(4-2)12-16-15(18)17-14-10-7-6-8-11-14/h13-14H,3-12H2,1-2H3,(H2,16,17,18)/t13-/m1/s1. The van der Waals surface area contributed by atoms with Gasteiger partial charge >= 0.3 is 6.03 Å². The van der Waals surface area contributed by atoms with E-state index in [0.29, 0.717) is 12.0 Å². The second-order valence-corrected chi connectivity index (χ2v) is 5.61. The van der Waals surface area contributed by atoms with Gasteiger partial charge in [-0.25, -0.2) is 4.79 Å². The van der Waals surface area contributed by atoms with Gasteiger partial charge in [0.15, 0.2) is 0 Å². The van der Waals surface area contributed by atoms with E-state index in [1.807, 2.05) is 0 Å². The van der Waals surface area contributed by atoms with Crippen molar-refractivity contribution in [1.82, 2.24) is 10.6 Å². The third-order valence-electron chi connectivity index (χ3n) is 4.03. The summed E-state index contributed by atoms with van der Waals surface area (Å²) < 4.78 is 0. The minimum Gasteiger partial charge on any atom is -0.338 e. The largest absolute Gasteiger partial charge is 0.338 e. The van der Waals surface area contributed by atoms with Gasteiger partial charge in [0.1, 0.15) is 0 Å². The van der Waals surface area contributed by atoms with Gasteiger partial charge in [-0.2, -0.15) is 0 Å². The number of nitrogens with one attached hydrogen (secondary N) is 2. The zero-order valence-electron chi connectivity index (χ0n) is 12.1. The minimum atomic E-state index is 0.0387. The summed E-state index contributed by atoms with van der Waals surface area (Å²) in [6.07, 6.45) is 11.1. The third-order valence-corrected chi connectivity index (χ3v) is 4.03. The highest BCUT2D eigenvalue weighted by Crippen LogP contribution is 2.17. The van der Waals surface area contributed by atoms with E-state index in [-0.39, 0.29) is 6.03 Å². The van der Waals surface area contributed by atoms with Crippen LogP contribution in [0, 0.1) is 5.92 Å². The second-order valence-electron chi connectivity index (χ2n) is 5.61. The average molecular weight is 254 g/mol. The number of hydrogen-bond acceptors (Lipinski definition) is 1. The topological polar surface area (TPSA) is 41.1 Å². The first kappa shape index (κ1) is 15.3. The number of urea groups is 1. The maximum absolute atomic E-state index is 11.8. The van der Waals surface area contributed by atoms with Gasteiger partial charge in [-0.1, -0.05) is 52.4 Å². The van der Waals surface area contributed by atoms with Crippen molar-refractivity contribution in [2.75, 3.05) is 6.54 Å². The smallest absolute Gasteiger partial charge is 0.315 e. The zero-order valence-corrected chi connectivity index (χ0v) is 12.1. The molecule has 1 saturated carbocycles. The first-order valence-electron chi connectivity index (χ1n) is 7.80. The van der Waals surface area contributed by atoms with Gasteiger partial charge in [0, 0.05) is 12.6 Å². The van der Waals surface area contributed by atoms with E-state index < -0.39 is 0 Å². The summed E-state index contributed by atoms with van der Waals surface area (Å²) >= 11 is 0. The summed E-state index contributed by atoms with van der Waals surface area (Å²) in [5.41, 5.74) is 0. The number of amides is 2. The van der Waals surface area contributed by atoms with E-state index in [1.165, 1.54) is 38.5 Å². The number of hydrogen-bond donors (Lipinski definition) is 2. The monoisotopic (exact) mass is 254 g/mol. The SMILES string of the molecule is CCCC[C@@H](CC)CNC(=O)NC1CCCCC1. The molecule has 1 aliphatic carbocycles. The number of rotatable bonds is 7. The third kappa shape index (κ3) is 6.27. The molecule has 0 spiro atoms. The molecule has 1 fully saturated rings. The van der Waals surface area contributed by atoms with Crippen molar-refractivity contribution in [3.05, 3.63) is 0 Å². The molecule has 2 amide bonds. The number of carbonyl (C=O) groups is 1. The van der Waals surface area contributed by atoms with Crippen molar-refractivity contribution in [3.8, 4) is 0 Å². The van der Waals surface area contributed by atoms with Gasteiger partial charge in [-0.15, -0.1) is 0 Å². The van der Waals surface area contributed by atoms with Crippen LogP contribution in [-0.2, 0) is 0 Å². The summed E-state index contributed by atoms with van der Waals surface area (Å²) in [4.78, 5) is 11.8. The molecule has 0 saturated heterocycles. The van der Waals surface area contributed by atoms with E-state index >= 15 is 0 Å². The first-order chi connectivity index (χ1) is 8.76. The first-order valence-corrected chi connectivity index (χ1v) is 7.80. The molecule has 0 bridgehead atoms. The zero-order chi connectivity index (χ0) is 13.2.